The molecule has 0 fully saturated rings. The Balaban J connectivity index is 0.00000147. The van der Waals surface area contributed by atoms with E-state index in [-0.39, 0.29) is 17.0 Å². The second kappa shape index (κ2) is 6.72. The lowest BCUT2D eigenvalue weighted by molar-refractivity contribution is 0.885. The molecule has 0 atom stereocenters. The Labute approximate surface area is 140 Å². The Bertz CT molecular complexity index is 759. The van der Waals surface area contributed by atoms with Crippen molar-refractivity contribution in [3.05, 3.63) is 57.0 Å². The average Bonchev–Trinajstić information content (AvgIpc) is 2.99. The maximum Gasteiger partial charge on any atom is 0.190 e. The van der Waals surface area contributed by atoms with Gasteiger partial charge in [0.1, 0.15) is 0 Å². The van der Waals surface area contributed by atoms with Crippen molar-refractivity contribution in [2.45, 2.75) is 0 Å². The van der Waals surface area contributed by atoms with Crippen molar-refractivity contribution in [3.63, 3.8) is 0 Å². The molecule has 0 saturated carbocycles. The topological polar surface area (TPSA) is 17.3 Å². The SMILES string of the molecule is Br.Cn1c(-c2ccc(Cl)s2)csc1=Nc1ccccc1. The molecule has 0 radical (unpaired) electrons. The van der Waals surface area contributed by atoms with Gasteiger partial charge in [0.25, 0.3) is 0 Å². The van der Waals surface area contributed by atoms with Crippen molar-refractivity contribution in [2.24, 2.45) is 12.0 Å². The number of para-hydroxylation sites is 1. The van der Waals surface area contributed by atoms with E-state index in [9.17, 15) is 0 Å². The zero-order valence-corrected chi connectivity index (χ0v) is 14.7. The van der Waals surface area contributed by atoms with Crippen molar-refractivity contribution in [2.75, 3.05) is 0 Å². The molecule has 0 unspecified atom stereocenters. The van der Waals surface area contributed by atoms with Crippen LogP contribution in [0.5, 0.6) is 0 Å². The van der Waals surface area contributed by atoms with Crippen LogP contribution in [0.15, 0.2) is 52.8 Å². The van der Waals surface area contributed by atoms with Gasteiger partial charge in [-0.1, -0.05) is 29.8 Å². The van der Waals surface area contributed by atoms with Crippen LogP contribution in [-0.2, 0) is 7.05 Å². The minimum absolute atomic E-state index is 0. The molecule has 0 N–H and O–H groups in total. The smallest absolute Gasteiger partial charge is 0.190 e. The number of halogens is 2. The number of hydrogen-bond acceptors (Lipinski definition) is 3. The van der Waals surface area contributed by atoms with Crippen LogP contribution < -0.4 is 4.80 Å². The van der Waals surface area contributed by atoms with Gasteiger partial charge < -0.3 is 4.57 Å². The first-order valence-electron chi connectivity index (χ1n) is 5.74. The Morgan fingerprint density at radius 2 is 1.85 bits per heavy atom. The molecule has 0 aliphatic heterocycles. The molecule has 2 heterocycles. The first kappa shape index (κ1) is 15.5. The molecule has 0 saturated heterocycles. The first-order chi connectivity index (χ1) is 9.24. The molecule has 20 heavy (non-hydrogen) atoms. The summed E-state index contributed by atoms with van der Waals surface area (Å²) in [6.45, 7) is 0. The molecule has 0 spiro atoms. The van der Waals surface area contributed by atoms with Crippen molar-refractivity contribution < 1.29 is 0 Å². The van der Waals surface area contributed by atoms with Gasteiger partial charge in [-0.05, 0) is 24.3 Å². The highest BCUT2D eigenvalue weighted by Crippen LogP contribution is 2.30. The lowest BCUT2D eigenvalue weighted by Gasteiger charge is -1.98. The maximum atomic E-state index is 5.99. The van der Waals surface area contributed by atoms with Crippen molar-refractivity contribution in [1.29, 1.82) is 0 Å². The summed E-state index contributed by atoms with van der Waals surface area (Å²) in [5, 5.41) is 2.12. The maximum absolute atomic E-state index is 5.99. The molecule has 2 nitrogen and oxygen atoms in total. The van der Waals surface area contributed by atoms with Crippen molar-refractivity contribution in [1.82, 2.24) is 4.57 Å². The van der Waals surface area contributed by atoms with Gasteiger partial charge in [0.15, 0.2) is 4.80 Å². The molecule has 3 aromatic rings. The number of benzene rings is 1. The fourth-order valence-electron chi connectivity index (χ4n) is 1.76. The fourth-order valence-corrected chi connectivity index (χ4v) is 3.85. The average molecular weight is 388 g/mol. The second-order valence-electron chi connectivity index (χ2n) is 4.01. The third-order valence-corrected chi connectivity index (χ3v) is 4.90. The quantitative estimate of drug-likeness (QED) is 0.569. The third kappa shape index (κ3) is 3.23. The predicted octanol–water partition coefficient (Wildman–Crippen LogP) is 5.28. The summed E-state index contributed by atoms with van der Waals surface area (Å²) in [6.07, 6.45) is 0. The van der Waals surface area contributed by atoms with Crippen molar-refractivity contribution >= 4 is 56.9 Å². The molecule has 0 aliphatic carbocycles. The zero-order valence-electron chi connectivity index (χ0n) is 10.6. The fraction of sp³-hybridized carbons (Fsp3) is 0.0714. The van der Waals surface area contributed by atoms with Crippen LogP contribution in [-0.4, -0.2) is 4.57 Å². The van der Waals surface area contributed by atoms with E-state index in [1.54, 1.807) is 22.7 Å². The monoisotopic (exact) mass is 386 g/mol. The Hall–Kier alpha value is -0.880. The molecular formula is C14H12BrClN2S2. The van der Waals surface area contributed by atoms with Gasteiger partial charge >= 0.3 is 0 Å². The number of nitrogens with zero attached hydrogens (tertiary/aromatic N) is 2. The normalized spacial score (nSPS) is 11.4. The molecular weight excluding hydrogens is 376 g/mol. The molecule has 0 amide bonds. The minimum Gasteiger partial charge on any atom is -0.319 e. The van der Waals surface area contributed by atoms with Crippen molar-refractivity contribution in [3.8, 4) is 10.6 Å². The summed E-state index contributed by atoms with van der Waals surface area (Å²) in [4.78, 5) is 6.79. The van der Waals surface area contributed by atoms with Gasteiger partial charge in [0, 0.05) is 12.4 Å². The predicted molar refractivity (Wildman–Crippen MR) is 93.6 cm³/mol. The Morgan fingerprint density at radius 3 is 2.50 bits per heavy atom. The summed E-state index contributed by atoms with van der Waals surface area (Å²) >= 11 is 9.21. The number of hydrogen-bond donors (Lipinski definition) is 0. The second-order valence-corrected chi connectivity index (χ2v) is 6.57. The summed E-state index contributed by atoms with van der Waals surface area (Å²) in [7, 11) is 2.03. The lowest BCUT2D eigenvalue weighted by atomic mass is 10.3. The van der Waals surface area contributed by atoms with Crippen LogP contribution in [0, 0.1) is 0 Å². The zero-order chi connectivity index (χ0) is 13.2. The molecule has 0 bridgehead atoms. The largest absolute Gasteiger partial charge is 0.319 e. The van der Waals surface area contributed by atoms with Crippen LogP contribution in [0.1, 0.15) is 0 Å². The summed E-state index contributed by atoms with van der Waals surface area (Å²) in [5.74, 6) is 0. The summed E-state index contributed by atoms with van der Waals surface area (Å²) in [6, 6.07) is 13.9. The molecule has 3 rings (SSSR count). The summed E-state index contributed by atoms with van der Waals surface area (Å²) in [5.41, 5.74) is 2.12. The van der Waals surface area contributed by atoms with Gasteiger partial charge in [-0.15, -0.1) is 39.7 Å². The van der Waals surface area contributed by atoms with Crippen LogP contribution in [0.25, 0.3) is 10.6 Å². The van der Waals surface area contributed by atoms with Crippen LogP contribution in [0.4, 0.5) is 5.69 Å². The van der Waals surface area contributed by atoms with Gasteiger partial charge in [0.05, 0.1) is 20.6 Å². The number of aromatic nitrogens is 1. The molecule has 1 aromatic carbocycles. The molecule has 104 valence electrons. The standard InChI is InChI=1S/C14H11ClN2S2.BrH/c1-17-11(12-7-8-13(15)19-12)9-18-14(17)16-10-5-3-2-4-6-10;/h2-9H,1H3;1H. The Morgan fingerprint density at radius 1 is 1.10 bits per heavy atom. The third-order valence-electron chi connectivity index (χ3n) is 2.73. The molecule has 2 aromatic heterocycles. The van der Waals surface area contributed by atoms with Crippen LogP contribution >= 0.6 is 51.3 Å². The number of thiazole rings is 1. The van der Waals surface area contributed by atoms with E-state index in [1.165, 1.54) is 4.88 Å². The highest BCUT2D eigenvalue weighted by atomic mass is 79.9. The minimum atomic E-state index is 0. The van der Waals surface area contributed by atoms with Gasteiger partial charge in [0.2, 0.25) is 0 Å². The molecule has 6 heteroatoms. The van der Waals surface area contributed by atoms with Gasteiger partial charge in [-0.25, -0.2) is 4.99 Å². The van der Waals surface area contributed by atoms with Crippen LogP contribution in [0.3, 0.4) is 0 Å². The van der Waals surface area contributed by atoms with E-state index in [2.05, 4.69) is 14.9 Å². The van der Waals surface area contributed by atoms with E-state index in [1.807, 2.05) is 49.5 Å². The van der Waals surface area contributed by atoms with E-state index in [0.29, 0.717) is 0 Å². The number of rotatable bonds is 2. The van der Waals surface area contributed by atoms with E-state index >= 15 is 0 Å². The van der Waals surface area contributed by atoms with Crippen LogP contribution in [0.2, 0.25) is 4.34 Å². The lowest BCUT2D eigenvalue weighted by Crippen LogP contribution is -2.10. The van der Waals surface area contributed by atoms with E-state index in [4.69, 9.17) is 11.6 Å². The molecule has 0 aliphatic rings. The van der Waals surface area contributed by atoms with E-state index < -0.39 is 0 Å². The van der Waals surface area contributed by atoms with Gasteiger partial charge in [-0.2, -0.15) is 0 Å². The highest BCUT2D eigenvalue weighted by molar-refractivity contribution is 8.93. The summed E-state index contributed by atoms with van der Waals surface area (Å²) < 4.78 is 2.91. The first-order valence-corrected chi connectivity index (χ1v) is 7.81. The van der Waals surface area contributed by atoms with E-state index in [0.717, 1.165) is 20.5 Å². The highest BCUT2D eigenvalue weighted by Gasteiger charge is 2.07. The van der Waals surface area contributed by atoms with Gasteiger partial charge in [-0.3, -0.25) is 0 Å². The Kier molecular flexibility index (Phi) is 5.21. The number of thiophene rings is 1.